The molecule has 1 rings (SSSR count). The maximum absolute atomic E-state index is 13.6. The van der Waals surface area contributed by atoms with Crippen molar-refractivity contribution in [2.75, 3.05) is 11.9 Å². The molecule has 0 atom stereocenters. The van der Waals surface area contributed by atoms with E-state index in [4.69, 9.17) is 0 Å². The van der Waals surface area contributed by atoms with Gasteiger partial charge in [0.1, 0.15) is 5.82 Å². The molecule has 7 heteroatoms. The van der Waals surface area contributed by atoms with Crippen LogP contribution in [-0.4, -0.2) is 23.5 Å². The van der Waals surface area contributed by atoms with E-state index in [1.807, 2.05) is 13.8 Å². The third kappa shape index (κ3) is 5.71. The molecule has 0 unspecified atom stereocenters. The third-order valence-electron chi connectivity index (χ3n) is 2.63. The Morgan fingerprint density at radius 3 is 2.57 bits per heavy atom. The molecule has 0 aliphatic carbocycles. The van der Waals surface area contributed by atoms with E-state index in [0.29, 0.717) is 30.3 Å². The minimum absolute atomic E-state index is 0.0510. The number of hydrogen-bond acceptors (Lipinski definition) is 2. The maximum Gasteiger partial charge on any atom is 0.338 e. The maximum atomic E-state index is 13.6. The summed E-state index contributed by atoms with van der Waals surface area (Å²) in [4.78, 5) is 23.7. The van der Waals surface area contributed by atoms with Crippen LogP contribution in [0.1, 0.15) is 33.1 Å². The standard InChI is InChI=1S/C14H19BrFN3O2/c1-3-5-13(20)19(8-4-2)18-14(21)17-12-7-6-10(15)9-11(12)16/h6-7,9H,3-5,8H2,1-2H3,(H2,17,18,21). The smallest absolute Gasteiger partial charge is 0.304 e. The van der Waals surface area contributed by atoms with Gasteiger partial charge < -0.3 is 5.32 Å². The zero-order chi connectivity index (χ0) is 15.8. The molecule has 3 amide bonds. The van der Waals surface area contributed by atoms with Crippen LogP contribution in [0, 0.1) is 5.82 Å². The van der Waals surface area contributed by atoms with E-state index in [9.17, 15) is 14.0 Å². The Bertz CT molecular complexity index is 511. The van der Waals surface area contributed by atoms with Crippen LogP contribution >= 0.6 is 15.9 Å². The fraction of sp³-hybridized carbons (Fsp3) is 0.429. The Kier molecular flexibility index (Phi) is 7.14. The molecule has 21 heavy (non-hydrogen) atoms. The van der Waals surface area contributed by atoms with Gasteiger partial charge in [-0.15, -0.1) is 0 Å². The second kappa shape index (κ2) is 8.61. The Morgan fingerprint density at radius 2 is 2.00 bits per heavy atom. The van der Waals surface area contributed by atoms with Gasteiger partial charge in [0.25, 0.3) is 0 Å². The van der Waals surface area contributed by atoms with Crippen LogP contribution in [0.2, 0.25) is 0 Å². The van der Waals surface area contributed by atoms with Gasteiger partial charge in [0.05, 0.1) is 5.69 Å². The number of hydrogen-bond donors (Lipinski definition) is 2. The van der Waals surface area contributed by atoms with Gasteiger partial charge in [-0.25, -0.2) is 14.6 Å². The summed E-state index contributed by atoms with van der Waals surface area (Å²) in [5.41, 5.74) is 2.50. The fourth-order valence-corrected chi connectivity index (χ4v) is 2.01. The second-order valence-electron chi connectivity index (χ2n) is 4.49. The molecule has 1 aromatic rings. The monoisotopic (exact) mass is 359 g/mol. The summed E-state index contributed by atoms with van der Waals surface area (Å²) in [7, 11) is 0. The van der Waals surface area contributed by atoms with Crippen molar-refractivity contribution < 1.29 is 14.0 Å². The van der Waals surface area contributed by atoms with Crippen molar-refractivity contribution in [1.29, 1.82) is 0 Å². The highest BCUT2D eigenvalue weighted by Crippen LogP contribution is 2.19. The lowest BCUT2D eigenvalue weighted by molar-refractivity contribution is -0.133. The highest BCUT2D eigenvalue weighted by atomic mass is 79.9. The van der Waals surface area contributed by atoms with Gasteiger partial charge in [0, 0.05) is 17.4 Å². The van der Waals surface area contributed by atoms with Crippen LogP contribution < -0.4 is 10.7 Å². The molecule has 0 bridgehead atoms. The van der Waals surface area contributed by atoms with Crippen molar-refractivity contribution >= 4 is 33.6 Å². The van der Waals surface area contributed by atoms with Crippen molar-refractivity contribution in [3.8, 4) is 0 Å². The molecule has 0 saturated carbocycles. The van der Waals surface area contributed by atoms with E-state index in [2.05, 4.69) is 26.7 Å². The first-order valence-corrected chi connectivity index (χ1v) is 7.60. The number of urea groups is 1. The third-order valence-corrected chi connectivity index (χ3v) is 3.12. The van der Waals surface area contributed by atoms with Crippen LogP contribution in [0.15, 0.2) is 22.7 Å². The fourth-order valence-electron chi connectivity index (χ4n) is 1.68. The van der Waals surface area contributed by atoms with Gasteiger partial charge in [-0.3, -0.25) is 9.80 Å². The lowest BCUT2D eigenvalue weighted by Crippen LogP contribution is -2.48. The molecular weight excluding hydrogens is 341 g/mol. The number of rotatable bonds is 5. The lowest BCUT2D eigenvalue weighted by atomic mass is 10.3. The predicted molar refractivity (Wildman–Crippen MR) is 83.2 cm³/mol. The van der Waals surface area contributed by atoms with Crippen molar-refractivity contribution in [2.45, 2.75) is 33.1 Å². The largest absolute Gasteiger partial charge is 0.338 e. The number of carbonyl (C=O) groups is 2. The van der Waals surface area contributed by atoms with Crippen molar-refractivity contribution in [2.24, 2.45) is 0 Å². The second-order valence-corrected chi connectivity index (χ2v) is 5.40. The molecule has 0 fully saturated rings. The van der Waals surface area contributed by atoms with Crippen LogP contribution in [0.25, 0.3) is 0 Å². The first-order valence-electron chi connectivity index (χ1n) is 6.81. The number of anilines is 1. The average molecular weight is 360 g/mol. The van der Waals surface area contributed by atoms with Gasteiger partial charge in [-0.05, 0) is 31.0 Å². The molecule has 0 heterocycles. The summed E-state index contributed by atoms with van der Waals surface area (Å²) >= 11 is 3.14. The molecule has 0 aromatic heterocycles. The molecule has 0 aliphatic heterocycles. The van der Waals surface area contributed by atoms with Crippen LogP contribution in [-0.2, 0) is 4.79 Å². The highest BCUT2D eigenvalue weighted by molar-refractivity contribution is 9.10. The minimum atomic E-state index is -0.644. The molecule has 2 N–H and O–H groups in total. The van der Waals surface area contributed by atoms with Crippen LogP contribution in [0.5, 0.6) is 0 Å². The summed E-state index contributed by atoms with van der Waals surface area (Å²) in [6.07, 6.45) is 1.76. The van der Waals surface area contributed by atoms with Crippen molar-refractivity contribution in [1.82, 2.24) is 10.4 Å². The zero-order valence-electron chi connectivity index (χ0n) is 12.1. The zero-order valence-corrected chi connectivity index (χ0v) is 13.7. The number of amides is 3. The molecule has 0 radical (unpaired) electrons. The van der Waals surface area contributed by atoms with Gasteiger partial charge in [-0.1, -0.05) is 29.8 Å². The van der Waals surface area contributed by atoms with E-state index >= 15 is 0 Å². The minimum Gasteiger partial charge on any atom is -0.304 e. The number of benzene rings is 1. The Morgan fingerprint density at radius 1 is 1.29 bits per heavy atom. The number of carbonyl (C=O) groups excluding carboxylic acids is 2. The first-order chi connectivity index (χ1) is 9.97. The summed E-state index contributed by atoms with van der Waals surface area (Å²) in [6, 6.07) is 3.66. The quantitative estimate of drug-likeness (QED) is 0.788. The number of hydrazine groups is 1. The van der Waals surface area contributed by atoms with Crippen LogP contribution in [0.3, 0.4) is 0 Å². The van der Waals surface area contributed by atoms with E-state index in [0.717, 1.165) is 0 Å². The molecule has 5 nitrogen and oxygen atoms in total. The average Bonchev–Trinajstić information content (AvgIpc) is 2.42. The molecule has 0 saturated heterocycles. The molecular formula is C14H19BrFN3O2. The van der Waals surface area contributed by atoms with Gasteiger partial charge >= 0.3 is 6.03 Å². The molecule has 116 valence electrons. The number of nitrogens with zero attached hydrogens (tertiary/aromatic N) is 1. The number of halogens is 2. The normalized spacial score (nSPS) is 10.1. The summed E-state index contributed by atoms with van der Waals surface area (Å²) in [5, 5.41) is 3.64. The first kappa shape index (κ1) is 17.4. The summed E-state index contributed by atoms with van der Waals surface area (Å²) < 4.78 is 14.2. The highest BCUT2D eigenvalue weighted by Gasteiger charge is 2.15. The van der Waals surface area contributed by atoms with E-state index in [-0.39, 0.29) is 11.6 Å². The molecule has 0 aliphatic rings. The summed E-state index contributed by atoms with van der Waals surface area (Å²) in [6.45, 7) is 4.20. The topological polar surface area (TPSA) is 61.4 Å². The van der Waals surface area contributed by atoms with Crippen LogP contribution in [0.4, 0.5) is 14.9 Å². The summed E-state index contributed by atoms with van der Waals surface area (Å²) in [5.74, 6) is -0.716. The Balaban J connectivity index is 2.67. The molecule has 1 aromatic carbocycles. The Hall–Kier alpha value is -1.63. The van der Waals surface area contributed by atoms with E-state index in [1.165, 1.54) is 17.1 Å². The van der Waals surface area contributed by atoms with Gasteiger partial charge in [-0.2, -0.15) is 0 Å². The van der Waals surface area contributed by atoms with Gasteiger partial charge in [0.2, 0.25) is 5.91 Å². The van der Waals surface area contributed by atoms with Crippen molar-refractivity contribution in [3.63, 3.8) is 0 Å². The van der Waals surface area contributed by atoms with Crippen molar-refractivity contribution in [3.05, 3.63) is 28.5 Å². The predicted octanol–water partition coefficient (Wildman–Crippen LogP) is 3.66. The lowest BCUT2D eigenvalue weighted by Gasteiger charge is -2.22. The number of nitrogens with one attached hydrogen (secondary N) is 2. The van der Waals surface area contributed by atoms with E-state index in [1.54, 1.807) is 6.07 Å². The van der Waals surface area contributed by atoms with Gasteiger partial charge in [0.15, 0.2) is 0 Å². The Labute approximate surface area is 132 Å². The SMILES string of the molecule is CCCC(=O)N(CCC)NC(=O)Nc1ccc(Br)cc1F. The van der Waals surface area contributed by atoms with E-state index < -0.39 is 11.8 Å². The molecule has 0 spiro atoms.